The normalized spacial score (nSPS) is 27.9. The molecule has 2 aliphatic carbocycles. The predicted octanol–water partition coefficient (Wildman–Crippen LogP) is 3.65. The number of carbonyl (C=O) groups excluding carboxylic acids is 1. The molecular weight excluding hydrogens is 264 g/mol. The van der Waals surface area contributed by atoms with Gasteiger partial charge in [0.15, 0.2) is 0 Å². The SMILES string of the molecule is C/C(=N\O)c1cccc(NC(=O)CC2CC3CCC2C3)c1. The molecule has 0 heterocycles. The van der Waals surface area contributed by atoms with Crippen molar-refractivity contribution in [1.29, 1.82) is 0 Å². The lowest BCUT2D eigenvalue weighted by Gasteiger charge is -2.20. The number of benzene rings is 1. The van der Waals surface area contributed by atoms with Gasteiger partial charge in [0, 0.05) is 17.7 Å². The lowest BCUT2D eigenvalue weighted by atomic mass is 9.86. The summed E-state index contributed by atoms with van der Waals surface area (Å²) >= 11 is 0. The fourth-order valence-corrected chi connectivity index (χ4v) is 3.96. The monoisotopic (exact) mass is 286 g/mol. The molecule has 4 heteroatoms. The number of rotatable bonds is 4. The smallest absolute Gasteiger partial charge is 0.224 e. The molecule has 2 N–H and O–H groups in total. The third-order valence-electron chi connectivity index (χ3n) is 5.05. The second-order valence-corrected chi connectivity index (χ2v) is 6.45. The topological polar surface area (TPSA) is 61.7 Å². The van der Waals surface area contributed by atoms with Crippen molar-refractivity contribution in [3.05, 3.63) is 29.8 Å². The van der Waals surface area contributed by atoms with Crippen LogP contribution in [0.2, 0.25) is 0 Å². The molecule has 0 spiro atoms. The number of nitrogens with zero attached hydrogens (tertiary/aromatic N) is 1. The molecule has 2 fully saturated rings. The van der Waals surface area contributed by atoms with Crippen LogP contribution in [0.5, 0.6) is 0 Å². The third kappa shape index (κ3) is 3.09. The van der Waals surface area contributed by atoms with Gasteiger partial charge in [-0.25, -0.2) is 0 Å². The molecular formula is C17H22N2O2. The first-order chi connectivity index (χ1) is 10.2. The zero-order valence-electron chi connectivity index (χ0n) is 12.4. The van der Waals surface area contributed by atoms with Crippen molar-refractivity contribution < 1.29 is 10.0 Å². The van der Waals surface area contributed by atoms with Crippen LogP contribution in [0.15, 0.2) is 29.4 Å². The largest absolute Gasteiger partial charge is 0.411 e. The molecule has 0 radical (unpaired) electrons. The number of amides is 1. The summed E-state index contributed by atoms with van der Waals surface area (Å²) in [6.07, 6.45) is 5.88. The Balaban J connectivity index is 1.60. The van der Waals surface area contributed by atoms with Gasteiger partial charge in [-0.15, -0.1) is 0 Å². The van der Waals surface area contributed by atoms with E-state index in [1.807, 2.05) is 24.3 Å². The van der Waals surface area contributed by atoms with Gasteiger partial charge in [-0.1, -0.05) is 23.7 Å². The minimum absolute atomic E-state index is 0.100. The van der Waals surface area contributed by atoms with Crippen molar-refractivity contribution in [3.63, 3.8) is 0 Å². The lowest BCUT2D eigenvalue weighted by molar-refractivity contribution is -0.117. The summed E-state index contributed by atoms with van der Waals surface area (Å²) in [7, 11) is 0. The molecule has 3 atom stereocenters. The van der Waals surface area contributed by atoms with Crippen LogP contribution >= 0.6 is 0 Å². The maximum Gasteiger partial charge on any atom is 0.224 e. The summed E-state index contributed by atoms with van der Waals surface area (Å²) in [5, 5.41) is 15.0. The van der Waals surface area contributed by atoms with Gasteiger partial charge in [0.25, 0.3) is 0 Å². The number of fused-ring (bicyclic) bond motifs is 2. The highest BCUT2D eigenvalue weighted by molar-refractivity contribution is 6.00. The first kappa shape index (κ1) is 14.1. The molecule has 0 aromatic heterocycles. The molecule has 112 valence electrons. The summed E-state index contributed by atoms with van der Waals surface area (Å²) in [6.45, 7) is 1.73. The van der Waals surface area contributed by atoms with Crippen molar-refractivity contribution in [2.45, 2.75) is 39.0 Å². The zero-order valence-corrected chi connectivity index (χ0v) is 12.4. The van der Waals surface area contributed by atoms with E-state index in [0.717, 1.165) is 23.1 Å². The van der Waals surface area contributed by atoms with Crippen molar-refractivity contribution in [1.82, 2.24) is 0 Å². The molecule has 3 unspecified atom stereocenters. The number of hydrogen-bond donors (Lipinski definition) is 2. The number of anilines is 1. The molecule has 21 heavy (non-hydrogen) atoms. The van der Waals surface area contributed by atoms with Crippen molar-refractivity contribution >= 4 is 17.3 Å². The van der Waals surface area contributed by atoms with Crippen molar-refractivity contribution in [2.75, 3.05) is 5.32 Å². The maximum atomic E-state index is 12.2. The molecule has 2 saturated carbocycles. The number of nitrogens with one attached hydrogen (secondary N) is 1. The fourth-order valence-electron chi connectivity index (χ4n) is 3.96. The minimum atomic E-state index is 0.100. The van der Waals surface area contributed by atoms with Gasteiger partial charge in [-0.3, -0.25) is 4.79 Å². The Hall–Kier alpha value is -1.84. The van der Waals surface area contributed by atoms with Crippen molar-refractivity contribution in [3.8, 4) is 0 Å². The van der Waals surface area contributed by atoms with E-state index in [2.05, 4.69) is 10.5 Å². The average molecular weight is 286 g/mol. The first-order valence-corrected chi connectivity index (χ1v) is 7.74. The summed E-state index contributed by atoms with van der Waals surface area (Å²) in [4.78, 5) is 12.2. The molecule has 2 aliphatic rings. The molecule has 2 bridgehead atoms. The van der Waals surface area contributed by atoms with Crippen LogP contribution < -0.4 is 5.32 Å². The Kier molecular flexibility index (Phi) is 3.95. The molecule has 0 aliphatic heterocycles. The van der Waals surface area contributed by atoms with Crippen LogP contribution in [-0.2, 0) is 4.79 Å². The number of hydrogen-bond acceptors (Lipinski definition) is 3. The zero-order chi connectivity index (χ0) is 14.8. The van der Waals surface area contributed by atoms with E-state index < -0.39 is 0 Å². The fraction of sp³-hybridized carbons (Fsp3) is 0.529. The van der Waals surface area contributed by atoms with Gasteiger partial charge in [-0.05, 0) is 56.1 Å². The van der Waals surface area contributed by atoms with E-state index in [1.54, 1.807) is 6.92 Å². The van der Waals surface area contributed by atoms with Crippen LogP contribution in [0.25, 0.3) is 0 Å². The Morgan fingerprint density at radius 2 is 2.24 bits per heavy atom. The van der Waals surface area contributed by atoms with E-state index in [9.17, 15) is 4.79 Å². The molecule has 3 rings (SSSR count). The Morgan fingerprint density at radius 1 is 1.38 bits per heavy atom. The van der Waals surface area contributed by atoms with Crippen LogP contribution in [0.1, 0.15) is 44.6 Å². The highest BCUT2D eigenvalue weighted by atomic mass is 16.4. The second kappa shape index (κ2) is 5.88. The van der Waals surface area contributed by atoms with Gasteiger partial charge >= 0.3 is 0 Å². The first-order valence-electron chi connectivity index (χ1n) is 7.74. The van der Waals surface area contributed by atoms with E-state index in [-0.39, 0.29) is 5.91 Å². The molecule has 0 saturated heterocycles. The summed E-state index contributed by atoms with van der Waals surface area (Å²) in [5.41, 5.74) is 2.12. The standard InChI is InChI=1S/C17H22N2O2/c1-11(19-21)13-3-2-4-16(9-13)18-17(20)10-15-8-12-5-6-14(15)7-12/h2-4,9,12,14-15,21H,5-8,10H2,1H3,(H,18,20)/b19-11+. The van der Waals surface area contributed by atoms with E-state index in [1.165, 1.54) is 25.7 Å². The summed E-state index contributed by atoms with van der Waals surface area (Å²) in [5.74, 6) is 2.33. The predicted molar refractivity (Wildman–Crippen MR) is 82.6 cm³/mol. The third-order valence-corrected chi connectivity index (χ3v) is 5.05. The van der Waals surface area contributed by atoms with Gasteiger partial charge < -0.3 is 10.5 Å². The summed E-state index contributed by atoms with van der Waals surface area (Å²) in [6, 6.07) is 7.43. The van der Waals surface area contributed by atoms with Crippen LogP contribution in [0, 0.1) is 17.8 Å². The maximum absolute atomic E-state index is 12.2. The van der Waals surface area contributed by atoms with Crippen LogP contribution in [0.3, 0.4) is 0 Å². The van der Waals surface area contributed by atoms with Gasteiger partial charge in [0.1, 0.15) is 0 Å². The van der Waals surface area contributed by atoms with Gasteiger partial charge in [0.2, 0.25) is 5.91 Å². The quantitative estimate of drug-likeness (QED) is 0.504. The second-order valence-electron chi connectivity index (χ2n) is 6.45. The van der Waals surface area contributed by atoms with E-state index in [4.69, 9.17) is 5.21 Å². The van der Waals surface area contributed by atoms with Gasteiger partial charge in [-0.2, -0.15) is 0 Å². The van der Waals surface area contributed by atoms with Crippen molar-refractivity contribution in [2.24, 2.45) is 22.9 Å². The lowest BCUT2D eigenvalue weighted by Crippen LogP contribution is -2.20. The minimum Gasteiger partial charge on any atom is -0.411 e. The molecule has 1 aromatic rings. The Bertz CT molecular complexity index is 568. The number of carbonyl (C=O) groups is 1. The molecule has 4 nitrogen and oxygen atoms in total. The average Bonchev–Trinajstić information content (AvgIpc) is 3.09. The van der Waals surface area contributed by atoms with E-state index >= 15 is 0 Å². The molecule has 1 aromatic carbocycles. The van der Waals surface area contributed by atoms with Crippen LogP contribution in [-0.4, -0.2) is 16.8 Å². The van der Waals surface area contributed by atoms with E-state index in [0.29, 0.717) is 18.1 Å². The Morgan fingerprint density at radius 3 is 2.90 bits per heavy atom. The summed E-state index contributed by atoms with van der Waals surface area (Å²) < 4.78 is 0. The van der Waals surface area contributed by atoms with Crippen LogP contribution in [0.4, 0.5) is 5.69 Å². The highest BCUT2D eigenvalue weighted by Crippen LogP contribution is 2.49. The van der Waals surface area contributed by atoms with Gasteiger partial charge in [0.05, 0.1) is 5.71 Å². The Labute approximate surface area is 125 Å². The highest BCUT2D eigenvalue weighted by Gasteiger charge is 2.40. The molecule has 1 amide bonds. The number of oxime groups is 1.